The van der Waals surface area contributed by atoms with Gasteiger partial charge in [0.1, 0.15) is 0 Å². The molecule has 0 nitrogen and oxygen atoms in total. The van der Waals surface area contributed by atoms with E-state index in [0.29, 0.717) is 0 Å². The van der Waals surface area contributed by atoms with E-state index in [2.05, 4.69) is 78.6 Å². The molecule has 0 N–H and O–H groups in total. The average molecular weight is 410 g/mol. The van der Waals surface area contributed by atoms with Gasteiger partial charge < -0.3 is 24.8 Å². The number of rotatable bonds is 0. The molecule has 0 fully saturated rings. The van der Waals surface area contributed by atoms with Crippen LogP contribution in [0.15, 0.2) is 72.8 Å². The van der Waals surface area contributed by atoms with Crippen LogP contribution in [0.25, 0.3) is 21.3 Å². The van der Waals surface area contributed by atoms with Crippen LogP contribution in [0.2, 0.25) is 0 Å². The number of benzene rings is 2. The molecule has 4 heteroatoms. The molecule has 3 aromatic carbocycles. The van der Waals surface area contributed by atoms with Crippen LogP contribution in [-0.4, -0.2) is 0 Å². The molecule has 4 aromatic rings. The first-order valence-electron chi connectivity index (χ1n) is 5.98. The second-order valence-electron chi connectivity index (χ2n) is 4.16. The summed E-state index contributed by atoms with van der Waals surface area (Å²) in [6, 6.07) is 25.2. The molecule has 0 amide bonds. The predicted molar refractivity (Wildman–Crippen MR) is 81.8 cm³/mol. The zero-order valence-corrected chi connectivity index (χ0v) is 16.2. The summed E-state index contributed by atoms with van der Waals surface area (Å²) in [7, 11) is 0.774. The van der Waals surface area contributed by atoms with E-state index in [0.717, 1.165) is 8.19 Å². The molecule has 1 aromatic heterocycles. The van der Waals surface area contributed by atoms with Gasteiger partial charge >= 0.3 is 26.2 Å². The SMILES string of the molecule is [Cl-].[Cl-].[Zr+4].[c-]1cc2ccccc2[pH]1.c1ccc2[cH-]ccc2c1. The van der Waals surface area contributed by atoms with Crippen LogP contribution in [0.3, 0.4) is 0 Å². The molecular formula is C17H13Cl2PZr. The van der Waals surface area contributed by atoms with Crippen molar-refractivity contribution in [2.24, 2.45) is 0 Å². The summed E-state index contributed by atoms with van der Waals surface area (Å²) in [6.07, 6.45) is 0. The fourth-order valence-electron chi connectivity index (χ4n) is 2.00. The van der Waals surface area contributed by atoms with E-state index < -0.39 is 0 Å². The van der Waals surface area contributed by atoms with Gasteiger partial charge in [-0.3, -0.25) is 8.19 Å². The first-order chi connectivity index (χ1) is 8.93. The third kappa shape index (κ3) is 5.35. The maximum Gasteiger partial charge on any atom is 4.00 e. The minimum absolute atomic E-state index is 0. The third-order valence-corrected chi connectivity index (χ3v) is 3.96. The predicted octanol–water partition coefficient (Wildman–Crippen LogP) is -0.765. The molecule has 0 aliphatic heterocycles. The fourth-order valence-corrected chi connectivity index (χ4v) is 2.86. The fraction of sp³-hybridized carbons (Fsp3) is 0. The minimum atomic E-state index is 0. The van der Waals surface area contributed by atoms with Gasteiger partial charge in [-0.15, -0.1) is 41.8 Å². The van der Waals surface area contributed by atoms with Crippen molar-refractivity contribution in [3.05, 3.63) is 78.6 Å². The standard InChI is InChI=1S/C9H7.C8H6P.2ClH.Zr/c1-2-5-9-7-3-6-8(9)4-1;1-2-4-8-7(3-1)5-6-9-8;;;/h1-7H;1-5,9H;2*1H;/q2*-1;;;+4/p-2. The van der Waals surface area contributed by atoms with Crippen molar-refractivity contribution in [2.75, 3.05) is 0 Å². The third-order valence-electron chi connectivity index (χ3n) is 2.94. The Morgan fingerprint density at radius 3 is 2.19 bits per heavy atom. The maximum atomic E-state index is 3.19. The molecule has 1 unspecified atom stereocenters. The molecule has 4 rings (SSSR count). The Labute approximate surface area is 158 Å². The second kappa shape index (κ2) is 10.3. The van der Waals surface area contributed by atoms with Crippen LogP contribution in [0.4, 0.5) is 0 Å². The van der Waals surface area contributed by atoms with Gasteiger partial charge in [-0.2, -0.15) is 39.9 Å². The molecule has 0 spiro atoms. The summed E-state index contributed by atoms with van der Waals surface area (Å²) in [4.78, 5) is 0. The molecule has 104 valence electrons. The quantitative estimate of drug-likeness (QED) is 0.335. The Morgan fingerprint density at radius 1 is 0.810 bits per heavy atom. The monoisotopic (exact) mass is 408 g/mol. The molecule has 0 saturated carbocycles. The Hall–Kier alpha value is -0.447. The largest absolute Gasteiger partial charge is 4.00 e. The van der Waals surface area contributed by atoms with Crippen molar-refractivity contribution in [3.8, 4) is 0 Å². The van der Waals surface area contributed by atoms with Gasteiger partial charge in [0.25, 0.3) is 0 Å². The van der Waals surface area contributed by atoms with Crippen LogP contribution in [0.1, 0.15) is 0 Å². The van der Waals surface area contributed by atoms with E-state index >= 15 is 0 Å². The topological polar surface area (TPSA) is 0 Å². The summed E-state index contributed by atoms with van der Waals surface area (Å²) >= 11 is 0. The molecule has 0 saturated heterocycles. The number of halogens is 2. The zero-order chi connectivity index (χ0) is 12.2. The molecule has 0 aliphatic rings. The van der Waals surface area contributed by atoms with Gasteiger partial charge in [0, 0.05) is 0 Å². The Morgan fingerprint density at radius 2 is 1.48 bits per heavy atom. The number of hydrogen-bond acceptors (Lipinski definition) is 0. The van der Waals surface area contributed by atoms with E-state index in [4.69, 9.17) is 0 Å². The van der Waals surface area contributed by atoms with Gasteiger partial charge in [0.2, 0.25) is 0 Å². The van der Waals surface area contributed by atoms with E-state index in [1.807, 2.05) is 0 Å². The summed E-state index contributed by atoms with van der Waals surface area (Å²) in [5.74, 6) is 3.19. The first kappa shape index (κ1) is 20.6. The maximum absolute atomic E-state index is 3.19. The van der Waals surface area contributed by atoms with Gasteiger partial charge in [-0.05, 0) is 0 Å². The van der Waals surface area contributed by atoms with Crippen molar-refractivity contribution >= 4 is 29.5 Å². The molecule has 21 heavy (non-hydrogen) atoms. The van der Waals surface area contributed by atoms with Gasteiger partial charge in [-0.25, -0.2) is 0 Å². The van der Waals surface area contributed by atoms with Crippen molar-refractivity contribution in [1.82, 2.24) is 0 Å². The van der Waals surface area contributed by atoms with Crippen molar-refractivity contribution in [2.45, 2.75) is 0 Å². The Bertz CT molecular complexity index is 635. The summed E-state index contributed by atoms with van der Waals surface area (Å²) in [5, 5.41) is 5.43. The molecule has 1 heterocycles. The smallest absolute Gasteiger partial charge is 1.00 e. The Balaban J connectivity index is 0.000000333. The summed E-state index contributed by atoms with van der Waals surface area (Å²) < 4.78 is 0. The van der Waals surface area contributed by atoms with Crippen molar-refractivity contribution in [3.63, 3.8) is 0 Å². The molecular weight excluding hydrogens is 397 g/mol. The molecule has 0 aliphatic carbocycles. The van der Waals surface area contributed by atoms with Crippen LogP contribution >= 0.6 is 8.19 Å². The number of fused-ring (bicyclic) bond motifs is 2. The first-order valence-corrected chi connectivity index (χ1v) is 6.98. The van der Waals surface area contributed by atoms with E-state index in [9.17, 15) is 0 Å². The number of hydrogen-bond donors (Lipinski definition) is 0. The molecule has 0 radical (unpaired) electrons. The second-order valence-corrected chi connectivity index (χ2v) is 5.23. The summed E-state index contributed by atoms with van der Waals surface area (Å²) in [5.41, 5.74) is 0. The average Bonchev–Trinajstić information content (AvgIpc) is 3.08. The van der Waals surface area contributed by atoms with Crippen molar-refractivity contribution < 1.29 is 51.0 Å². The van der Waals surface area contributed by atoms with Crippen molar-refractivity contribution in [1.29, 1.82) is 0 Å². The van der Waals surface area contributed by atoms with Gasteiger partial charge in [0.15, 0.2) is 0 Å². The zero-order valence-electron chi connectivity index (χ0n) is 11.2. The van der Waals surface area contributed by atoms with E-state index in [1.165, 1.54) is 21.3 Å². The van der Waals surface area contributed by atoms with Crippen LogP contribution in [-0.2, 0) is 26.2 Å². The van der Waals surface area contributed by atoms with E-state index in [1.54, 1.807) is 0 Å². The Kier molecular flexibility index (Phi) is 10.1. The minimum Gasteiger partial charge on any atom is -1.00 e. The van der Waals surface area contributed by atoms with E-state index in [-0.39, 0.29) is 51.0 Å². The normalized spacial score (nSPS) is 9.14. The molecule has 0 bridgehead atoms. The van der Waals surface area contributed by atoms with Gasteiger partial charge in [0.05, 0.1) is 0 Å². The summed E-state index contributed by atoms with van der Waals surface area (Å²) in [6.45, 7) is 0. The van der Waals surface area contributed by atoms with Crippen LogP contribution < -0.4 is 24.8 Å². The van der Waals surface area contributed by atoms with Crippen LogP contribution in [0, 0.1) is 5.80 Å². The molecule has 1 atom stereocenters. The van der Waals surface area contributed by atoms with Gasteiger partial charge in [-0.1, -0.05) is 18.2 Å². The van der Waals surface area contributed by atoms with Crippen LogP contribution in [0.5, 0.6) is 0 Å².